The lowest BCUT2D eigenvalue weighted by Crippen LogP contribution is -1.95. The van der Waals surface area contributed by atoms with Crippen molar-refractivity contribution in [3.8, 4) is 11.4 Å². The molecule has 0 aliphatic carbocycles. The van der Waals surface area contributed by atoms with E-state index in [0.29, 0.717) is 11.0 Å². The number of benzene rings is 2. The average molecular weight is 315 g/mol. The van der Waals surface area contributed by atoms with Crippen LogP contribution in [0.3, 0.4) is 0 Å². The minimum Gasteiger partial charge on any atom is -0.228 e. The van der Waals surface area contributed by atoms with Crippen LogP contribution in [0.4, 0.5) is 0 Å². The van der Waals surface area contributed by atoms with Gasteiger partial charge in [0.2, 0.25) is 0 Å². The molecule has 21 heavy (non-hydrogen) atoms. The number of nitrogens with zero attached hydrogens (tertiary/aromatic N) is 2. The van der Waals surface area contributed by atoms with Crippen LogP contribution in [0.25, 0.3) is 22.3 Å². The maximum absolute atomic E-state index is 6.41. The Morgan fingerprint density at radius 1 is 1.05 bits per heavy atom. The van der Waals surface area contributed by atoms with Gasteiger partial charge in [0.1, 0.15) is 5.15 Å². The molecule has 0 unspecified atom stereocenters. The first kappa shape index (κ1) is 14.4. The number of hydrogen-bond acceptors (Lipinski definition) is 3. The highest BCUT2D eigenvalue weighted by Gasteiger charge is 2.12. The van der Waals surface area contributed by atoms with Crippen LogP contribution in [0.5, 0.6) is 0 Å². The molecule has 2 nitrogen and oxygen atoms in total. The molecule has 1 aromatic heterocycles. The van der Waals surface area contributed by atoms with Gasteiger partial charge in [-0.2, -0.15) is 0 Å². The molecule has 1 heterocycles. The predicted octanol–water partition coefficient (Wildman–Crippen LogP) is 5.29. The second kappa shape index (κ2) is 5.66. The lowest BCUT2D eigenvalue weighted by Gasteiger charge is -2.10. The lowest BCUT2D eigenvalue weighted by molar-refractivity contribution is 1.20. The Morgan fingerprint density at radius 2 is 1.81 bits per heavy atom. The molecule has 0 aliphatic rings. The molecule has 0 N–H and O–H groups in total. The maximum atomic E-state index is 6.41. The average Bonchev–Trinajstić information content (AvgIpc) is 2.45. The van der Waals surface area contributed by atoms with Crippen molar-refractivity contribution in [1.82, 2.24) is 9.97 Å². The molecule has 0 atom stereocenters. The fourth-order valence-electron chi connectivity index (χ4n) is 2.54. The van der Waals surface area contributed by atoms with E-state index >= 15 is 0 Å². The Labute approximate surface area is 133 Å². The Bertz CT molecular complexity index is 830. The van der Waals surface area contributed by atoms with Crippen molar-refractivity contribution in [3.05, 3.63) is 52.7 Å². The lowest BCUT2D eigenvalue weighted by atomic mass is 10.1. The zero-order valence-corrected chi connectivity index (χ0v) is 13.7. The summed E-state index contributed by atoms with van der Waals surface area (Å²) in [7, 11) is 0. The van der Waals surface area contributed by atoms with E-state index in [1.807, 2.05) is 25.1 Å². The molecule has 106 valence electrons. The maximum Gasteiger partial charge on any atom is 0.162 e. The number of rotatable bonds is 2. The third-order valence-corrected chi connectivity index (χ3v) is 4.51. The standard InChI is InChI=1S/C17H15ClN2S/c1-10-8-11(2)15-13(9-10)19-17(20-16(15)18)12-6-4-5-7-14(12)21-3/h4-9H,1-3H3. The van der Waals surface area contributed by atoms with Crippen molar-refractivity contribution < 1.29 is 0 Å². The van der Waals surface area contributed by atoms with Gasteiger partial charge in [-0.3, -0.25) is 0 Å². The Kier molecular flexibility index (Phi) is 3.87. The van der Waals surface area contributed by atoms with E-state index in [9.17, 15) is 0 Å². The third kappa shape index (κ3) is 2.63. The molecule has 0 saturated carbocycles. The summed E-state index contributed by atoms with van der Waals surface area (Å²) in [4.78, 5) is 10.4. The third-order valence-electron chi connectivity index (χ3n) is 3.44. The van der Waals surface area contributed by atoms with Crippen molar-refractivity contribution in [1.29, 1.82) is 0 Å². The highest BCUT2D eigenvalue weighted by atomic mass is 35.5. The number of halogens is 1. The Hall–Kier alpha value is -1.58. The summed E-state index contributed by atoms with van der Waals surface area (Å²) in [5.74, 6) is 0.683. The van der Waals surface area contributed by atoms with Gasteiger partial charge < -0.3 is 0 Å². The van der Waals surface area contributed by atoms with Gasteiger partial charge in [0.15, 0.2) is 5.82 Å². The number of hydrogen-bond donors (Lipinski definition) is 0. The summed E-state index contributed by atoms with van der Waals surface area (Å²) in [6.07, 6.45) is 2.05. The van der Waals surface area contributed by atoms with Crippen molar-refractivity contribution in [2.75, 3.05) is 6.26 Å². The number of aryl methyl sites for hydroxylation is 2. The van der Waals surface area contributed by atoms with Gasteiger partial charge in [0, 0.05) is 15.8 Å². The van der Waals surface area contributed by atoms with Crippen LogP contribution in [0.2, 0.25) is 5.15 Å². The Balaban J connectivity index is 2.30. The van der Waals surface area contributed by atoms with Gasteiger partial charge >= 0.3 is 0 Å². The quantitative estimate of drug-likeness (QED) is 0.475. The van der Waals surface area contributed by atoms with E-state index in [1.54, 1.807) is 11.8 Å². The minimum atomic E-state index is 0.517. The normalized spacial score (nSPS) is 11.0. The largest absolute Gasteiger partial charge is 0.228 e. The second-order valence-electron chi connectivity index (χ2n) is 5.01. The van der Waals surface area contributed by atoms with Crippen molar-refractivity contribution in [3.63, 3.8) is 0 Å². The zero-order valence-electron chi connectivity index (χ0n) is 12.1. The van der Waals surface area contributed by atoms with E-state index in [-0.39, 0.29) is 0 Å². The van der Waals surface area contributed by atoms with Crippen LogP contribution in [-0.4, -0.2) is 16.2 Å². The van der Waals surface area contributed by atoms with Crippen molar-refractivity contribution in [2.45, 2.75) is 18.7 Å². The molecule has 3 aromatic rings. The number of fused-ring (bicyclic) bond motifs is 1. The van der Waals surface area contributed by atoms with Gasteiger partial charge in [-0.25, -0.2) is 9.97 Å². The molecule has 0 amide bonds. The monoisotopic (exact) mass is 314 g/mol. The number of thioether (sulfide) groups is 1. The molecule has 0 bridgehead atoms. The summed E-state index contributed by atoms with van der Waals surface area (Å²) >= 11 is 8.09. The van der Waals surface area contributed by atoms with E-state index in [2.05, 4.69) is 36.4 Å². The van der Waals surface area contributed by atoms with Crippen LogP contribution < -0.4 is 0 Å². The highest BCUT2D eigenvalue weighted by molar-refractivity contribution is 7.98. The molecule has 4 heteroatoms. The molecular weight excluding hydrogens is 300 g/mol. The first-order valence-corrected chi connectivity index (χ1v) is 8.28. The summed E-state index contributed by atoms with van der Waals surface area (Å²) in [6, 6.07) is 12.3. The fraction of sp³-hybridized carbons (Fsp3) is 0.176. The van der Waals surface area contributed by atoms with Gasteiger partial charge in [0.05, 0.1) is 5.52 Å². The van der Waals surface area contributed by atoms with Crippen LogP contribution in [0.15, 0.2) is 41.3 Å². The molecule has 2 aromatic carbocycles. The molecule has 0 aliphatic heterocycles. The summed E-state index contributed by atoms with van der Waals surface area (Å²) < 4.78 is 0. The second-order valence-corrected chi connectivity index (χ2v) is 6.22. The molecule has 0 saturated heterocycles. The van der Waals surface area contributed by atoms with Crippen LogP contribution in [0, 0.1) is 13.8 Å². The molecular formula is C17H15ClN2S. The van der Waals surface area contributed by atoms with Crippen molar-refractivity contribution >= 4 is 34.3 Å². The van der Waals surface area contributed by atoms with Crippen LogP contribution in [0.1, 0.15) is 11.1 Å². The van der Waals surface area contributed by atoms with E-state index in [1.165, 1.54) is 5.56 Å². The van der Waals surface area contributed by atoms with E-state index < -0.39 is 0 Å². The minimum absolute atomic E-state index is 0.517. The van der Waals surface area contributed by atoms with Crippen LogP contribution >= 0.6 is 23.4 Å². The zero-order chi connectivity index (χ0) is 15.0. The number of aromatic nitrogens is 2. The molecule has 0 spiro atoms. The van der Waals surface area contributed by atoms with Gasteiger partial charge in [-0.15, -0.1) is 11.8 Å². The van der Waals surface area contributed by atoms with E-state index in [0.717, 1.165) is 26.9 Å². The highest BCUT2D eigenvalue weighted by Crippen LogP contribution is 2.32. The van der Waals surface area contributed by atoms with Gasteiger partial charge in [-0.05, 0) is 43.4 Å². The van der Waals surface area contributed by atoms with Crippen molar-refractivity contribution in [2.24, 2.45) is 0 Å². The first-order valence-electron chi connectivity index (χ1n) is 6.68. The molecule has 3 rings (SSSR count). The van der Waals surface area contributed by atoms with Crippen LogP contribution in [-0.2, 0) is 0 Å². The summed E-state index contributed by atoms with van der Waals surface area (Å²) in [5.41, 5.74) is 4.21. The summed E-state index contributed by atoms with van der Waals surface area (Å²) in [6.45, 7) is 4.11. The predicted molar refractivity (Wildman–Crippen MR) is 91.2 cm³/mol. The van der Waals surface area contributed by atoms with Gasteiger partial charge in [0.25, 0.3) is 0 Å². The first-order chi connectivity index (χ1) is 10.1. The molecule has 0 radical (unpaired) electrons. The molecule has 0 fully saturated rings. The fourth-order valence-corrected chi connectivity index (χ4v) is 3.46. The Morgan fingerprint density at radius 3 is 2.57 bits per heavy atom. The summed E-state index contributed by atoms with van der Waals surface area (Å²) in [5, 5.41) is 1.45. The van der Waals surface area contributed by atoms with E-state index in [4.69, 9.17) is 16.6 Å². The van der Waals surface area contributed by atoms with Gasteiger partial charge in [-0.1, -0.05) is 35.9 Å². The SMILES string of the molecule is CSc1ccccc1-c1nc(Cl)c2c(C)cc(C)cc2n1. The smallest absolute Gasteiger partial charge is 0.162 e. The topological polar surface area (TPSA) is 25.8 Å².